The first-order chi connectivity index (χ1) is 12.3. The first kappa shape index (κ1) is 21.9. The number of anilines is 1. The highest BCUT2D eigenvalue weighted by Crippen LogP contribution is 2.32. The van der Waals surface area contributed by atoms with Crippen molar-refractivity contribution in [3.05, 3.63) is 42.1 Å². The van der Waals surface area contributed by atoms with Crippen LogP contribution in [0.15, 0.2) is 34.8 Å². The van der Waals surface area contributed by atoms with Crippen LogP contribution in [0.2, 0.25) is 0 Å². The summed E-state index contributed by atoms with van der Waals surface area (Å²) in [5.41, 5.74) is 0.135. The Hall–Kier alpha value is -3.10. The number of nitro benzene ring substituents is 1. The molecule has 2 aromatic rings. The molecule has 0 saturated heterocycles. The number of benzene rings is 1. The van der Waals surface area contributed by atoms with E-state index in [1.807, 2.05) is 0 Å². The Bertz CT molecular complexity index is 885. The molecule has 27 heavy (non-hydrogen) atoms. The molecule has 0 atom stereocenters. The predicted molar refractivity (Wildman–Crippen MR) is 93.6 cm³/mol. The first-order valence-electron chi connectivity index (χ1n) is 7.21. The summed E-state index contributed by atoms with van der Waals surface area (Å²) in [6.45, 7) is 1.84. The Labute approximate surface area is 155 Å². The monoisotopic (exact) mass is 399 g/mol. The Balaban J connectivity index is 0.00000364. The van der Waals surface area contributed by atoms with Crippen LogP contribution in [0.4, 0.5) is 23.0 Å². The van der Waals surface area contributed by atoms with Crippen molar-refractivity contribution in [3.63, 3.8) is 0 Å². The molecule has 2 rings (SSSR count). The van der Waals surface area contributed by atoms with Crippen LogP contribution in [0.25, 0.3) is 0 Å². The number of nitrogens with one attached hydrogen (secondary N) is 1. The van der Waals surface area contributed by atoms with E-state index >= 15 is 0 Å². The summed E-state index contributed by atoms with van der Waals surface area (Å²) in [6, 6.07) is 4.21. The minimum atomic E-state index is -4.79. The van der Waals surface area contributed by atoms with Crippen LogP contribution in [-0.2, 0) is 14.6 Å². The molecule has 0 unspecified atom stereocenters. The number of nitrogens with zero attached hydrogens (tertiary/aromatic N) is 6. The van der Waals surface area contributed by atoms with Crippen LogP contribution in [-0.4, -0.2) is 52.8 Å². The number of nitro groups is 1. The SMILES string of the molecule is CCN(CCOS(=O)(=O)[O-])c1ccc(N=Nc2ncn[nH]2)c([N+](=O)[O-])c1.[CH3+]. The molecule has 0 fully saturated rings. The fraction of sp³-hybridized carbons (Fsp3) is 0.308. The zero-order chi connectivity index (χ0) is 19.2. The number of rotatable bonds is 9. The van der Waals surface area contributed by atoms with E-state index in [0.717, 1.165) is 0 Å². The normalized spacial score (nSPS) is 11.3. The lowest BCUT2D eigenvalue weighted by Gasteiger charge is -2.23. The lowest BCUT2D eigenvalue weighted by molar-refractivity contribution is -0.384. The van der Waals surface area contributed by atoms with Crippen molar-refractivity contribution in [2.75, 3.05) is 24.6 Å². The van der Waals surface area contributed by atoms with E-state index in [0.29, 0.717) is 12.2 Å². The average Bonchev–Trinajstić information content (AvgIpc) is 3.09. The van der Waals surface area contributed by atoms with Crippen molar-refractivity contribution in [1.29, 1.82) is 0 Å². The minimum absolute atomic E-state index is 0. The largest absolute Gasteiger partial charge is 0.726 e. The number of hydrogen-bond donors (Lipinski definition) is 1. The van der Waals surface area contributed by atoms with Crippen molar-refractivity contribution in [1.82, 2.24) is 15.2 Å². The van der Waals surface area contributed by atoms with Crippen molar-refractivity contribution >= 4 is 33.4 Å². The molecule has 0 saturated carbocycles. The summed E-state index contributed by atoms with van der Waals surface area (Å²) in [5, 5.41) is 24.8. The molecule has 1 heterocycles. The van der Waals surface area contributed by atoms with Gasteiger partial charge in [0.15, 0.2) is 5.69 Å². The number of likely N-dealkylation sites (N-methyl/N-ethyl adjacent to an activating group) is 1. The highest BCUT2D eigenvalue weighted by atomic mass is 32.3. The van der Waals surface area contributed by atoms with Crippen LogP contribution in [0.5, 0.6) is 0 Å². The molecular weight excluding hydrogens is 382 g/mol. The molecular formula is C13H17N7O6S. The molecule has 0 bridgehead atoms. The zero-order valence-corrected chi connectivity index (χ0v) is 15.3. The van der Waals surface area contributed by atoms with E-state index in [9.17, 15) is 23.1 Å². The number of hydrogen-bond acceptors (Lipinski definition) is 11. The van der Waals surface area contributed by atoms with Crippen LogP contribution < -0.4 is 4.90 Å². The van der Waals surface area contributed by atoms with E-state index in [2.05, 4.69) is 29.6 Å². The summed E-state index contributed by atoms with van der Waals surface area (Å²) in [6.07, 6.45) is 1.22. The maximum absolute atomic E-state index is 11.3. The second-order valence-electron chi connectivity index (χ2n) is 4.75. The van der Waals surface area contributed by atoms with Gasteiger partial charge in [-0.1, -0.05) is 0 Å². The topological polar surface area (TPSA) is 179 Å². The second kappa shape index (κ2) is 9.56. The molecule has 0 radical (unpaired) electrons. The van der Waals surface area contributed by atoms with Gasteiger partial charge in [-0.05, 0) is 19.1 Å². The number of H-pyrrole nitrogens is 1. The molecule has 0 aliphatic heterocycles. The van der Waals surface area contributed by atoms with E-state index in [-0.39, 0.29) is 37.9 Å². The van der Waals surface area contributed by atoms with Gasteiger partial charge in [0.2, 0.25) is 10.4 Å². The molecule has 1 aromatic heterocycles. The van der Waals surface area contributed by atoms with E-state index in [1.165, 1.54) is 18.5 Å². The smallest absolute Gasteiger partial charge is 0.298 e. The van der Waals surface area contributed by atoms with Gasteiger partial charge in [0.25, 0.3) is 11.6 Å². The molecule has 14 heteroatoms. The zero-order valence-electron chi connectivity index (χ0n) is 14.5. The number of aromatic nitrogens is 3. The van der Waals surface area contributed by atoms with Crippen LogP contribution >= 0.6 is 0 Å². The third kappa shape index (κ3) is 6.61. The van der Waals surface area contributed by atoms with Gasteiger partial charge < -0.3 is 9.45 Å². The fourth-order valence-corrected chi connectivity index (χ4v) is 2.29. The molecule has 0 aliphatic carbocycles. The summed E-state index contributed by atoms with van der Waals surface area (Å²) in [7, 11) is -4.79. The molecule has 0 aliphatic rings. The first-order valence-corrected chi connectivity index (χ1v) is 8.54. The van der Waals surface area contributed by atoms with E-state index < -0.39 is 15.3 Å². The Morgan fingerprint density at radius 3 is 2.67 bits per heavy atom. The quantitative estimate of drug-likeness (QED) is 0.164. The van der Waals surface area contributed by atoms with E-state index in [1.54, 1.807) is 17.9 Å². The molecule has 146 valence electrons. The van der Waals surface area contributed by atoms with Gasteiger partial charge in [-0.3, -0.25) is 14.3 Å². The van der Waals surface area contributed by atoms with Gasteiger partial charge >= 0.3 is 0 Å². The van der Waals surface area contributed by atoms with Crippen LogP contribution in [0.3, 0.4) is 0 Å². The third-order valence-corrected chi connectivity index (χ3v) is 3.60. The lowest BCUT2D eigenvalue weighted by Crippen LogP contribution is -2.28. The third-order valence-electron chi connectivity index (χ3n) is 3.15. The maximum atomic E-state index is 11.3. The Morgan fingerprint density at radius 1 is 1.37 bits per heavy atom. The van der Waals surface area contributed by atoms with Gasteiger partial charge in [0.05, 0.1) is 11.5 Å². The highest BCUT2D eigenvalue weighted by molar-refractivity contribution is 7.80. The van der Waals surface area contributed by atoms with Crippen molar-refractivity contribution in [3.8, 4) is 0 Å². The van der Waals surface area contributed by atoms with Gasteiger partial charge in [-0.25, -0.2) is 13.5 Å². The lowest BCUT2D eigenvalue weighted by atomic mass is 10.2. The van der Waals surface area contributed by atoms with Gasteiger partial charge in [0.1, 0.15) is 6.33 Å². The van der Waals surface area contributed by atoms with Crippen molar-refractivity contribution < 1.29 is 22.1 Å². The summed E-state index contributed by atoms with van der Waals surface area (Å²) < 4.78 is 35.6. The highest BCUT2D eigenvalue weighted by Gasteiger charge is 2.17. The molecule has 1 N–H and O–H groups in total. The predicted octanol–water partition coefficient (Wildman–Crippen LogP) is 1.88. The van der Waals surface area contributed by atoms with Gasteiger partial charge in [0, 0.05) is 32.3 Å². The van der Waals surface area contributed by atoms with Crippen LogP contribution in [0, 0.1) is 17.5 Å². The summed E-state index contributed by atoms with van der Waals surface area (Å²) >= 11 is 0. The van der Waals surface area contributed by atoms with Crippen molar-refractivity contribution in [2.24, 2.45) is 10.2 Å². The molecule has 0 amide bonds. The van der Waals surface area contributed by atoms with E-state index in [4.69, 9.17) is 0 Å². The fourth-order valence-electron chi connectivity index (χ4n) is 2.01. The van der Waals surface area contributed by atoms with Gasteiger partial charge in [-0.2, -0.15) is 10.1 Å². The second-order valence-corrected chi connectivity index (χ2v) is 5.80. The minimum Gasteiger partial charge on any atom is -0.726 e. The molecule has 0 spiro atoms. The summed E-state index contributed by atoms with van der Waals surface area (Å²) in [4.78, 5) is 16.0. The van der Waals surface area contributed by atoms with Crippen LogP contribution in [0.1, 0.15) is 6.92 Å². The number of azo groups is 1. The number of aromatic amines is 1. The standard InChI is InChI=1S/C12H15N7O6S.CH3/c1-2-18(5-6-25-26(22,23)24)9-3-4-10(11(7-9)19(20)21)15-17-12-13-8-14-16-12;/h3-4,7-8H,2,5-6H2,1H3,(H,13,14,16)(H,22,23,24);1H3/q;+1/p-1. The maximum Gasteiger partial charge on any atom is 0.298 e. The van der Waals surface area contributed by atoms with Gasteiger partial charge in [-0.15, -0.1) is 10.2 Å². The van der Waals surface area contributed by atoms with Crippen molar-refractivity contribution in [2.45, 2.75) is 6.92 Å². The Morgan fingerprint density at radius 2 is 2.11 bits per heavy atom. The molecule has 13 nitrogen and oxygen atoms in total. The Kier molecular flexibility index (Phi) is 7.77. The molecule has 1 aromatic carbocycles. The average molecular weight is 399 g/mol. The summed E-state index contributed by atoms with van der Waals surface area (Å²) in [5.74, 6) is 0.0922.